The minimum atomic E-state index is 0.236. The van der Waals surface area contributed by atoms with Crippen LogP contribution in [-0.4, -0.2) is 15.8 Å². The summed E-state index contributed by atoms with van der Waals surface area (Å²) >= 11 is 0. The quantitative estimate of drug-likeness (QED) is 0.761. The lowest BCUT2D eigenvalue weighted by atomic mass is 9.96. The Hall–Kier alpha value is -0.830. The van der Waals surface area contributed by atoms with E-state index in [4.69, 9.17) is 5.73 Å². The lowest BCUT2D eigenvalue weighted by Gasteiger charge is -2.16. The van der Waals surface area contributed by atoms with E-state index >= 15 is 0 Å². The van der Waals surface area contributed by atoms with Crippen LogP contribution in [0.1, 0.15) is 26.0 Å². The van der Waals surface area contributed by atoms with Crippen LogP contribution in [0, 0.1) is 5.92 Å². The van der Waals surface area contributed by atoms with Gasteiger partial charge in [0, 0.05) is 25.7 Å². The summed E-state index contributed by atoms with van der Waals surface area (Å²) in [5.41, 5.74) is 7.11. The van der Waals surface area contributed by atoms with Crippen molar-refractivity contribution >= 4 is 0 Å². The van der Waals surface area contributed by atoms with Gasteiger partial charge >= 0.3 is 0 Å². The molecule has 1 aromatic rings. The summed E-state index contributed by atoms with van der Waals surface area (Å²) in [5, 5.41) is 4.30. The maximum absolute atomic E-state index is 6.02. The molecular weight excluding hydrogens is 162 g/mol. The van der Waals surface area contributed by atoms with Gasteiger partial charge in [0.25, 0.3) is 0 Å². The number of hydrogen-bond donors (Lipinski definition) is 1. The standard InChI is InChI=1S/C10H19N3/c1-4-8(2)10(11)7-9-5-6-13(3)12-9/h5-6,8,10H,4,7,11H2,1-3H3. The van der Waals surface area contributed by atoms with Crippen molar-refractivity contribution in [3.05, 3.63) is 18.0 Å². The topological polar surface area (TPSA) is 43.8 Å². The van der Waals surface area contributed by atoms with E-state index in [0.29, 0.717) is 5.92 Å². The zero-order valence-corrected chi connectivity index (χ0v) is 8.70. The van der Waals surface area contributed by atoms with Crippen molar-refractivity contribution in [2.24, 2.45) is 18.7 Å². The van der Waals surface area contributed by atoms with Crippen LogP contribution < -0.4 is 5.73 Å². The minimum absolute atomic E-state index is 0.236. The average Bonchev–Trinajstić information content (AvgIpc) is 2.49. The molecule has 0 aromatic carbocycles. The molecule has 0 saturated heterocycles. The first-order valence-corrected chi connectivity index (χ1v) is 4.87. The summed E-state index contributed by atoms with van der Waals surface area (Å²) in [6.45, 7) is 4.36. The molecule has 0 fully saturated rings. The SMILES string of the molecule is CCC(C)C(N)Cc1ccn(C)n1. The first kappa shape index (κ1) is 10.3. The molecule has 2 atom stereocenters. The second kappa shape index (κ2) is 4.42. The Morgan fingerprint density at radius 1 is 1.62 bits per heavy atom. The van der Waals surface area contributed by atoms with E-state index in [9.17, 15) is 0 Å². The number of nitrogens with two attached hydrogens (primary N) is 1. The molecule has 0 bridgehead atoms. The number of hydrogen-bond acceptors (Lipinski definition) is 2. The Labute approximate surface area is 79.9 Å². The number of aromatic nitrogens is 2. The maximum atomic E-state index is 6.02. The van der Waals surface area contributed by atoms with Gasteiger partial charge < -0.3 is 5.73 Å². The zero-order chi connectivity index (χ0) is 9.84. The minimum Gasteiger partial charge on any atom is -0.327 e. The van der Waals surface area contributed by atoms with Gasteiger partial charge in [-0.2, -0.15) is 5.10 Å². The third kappa shape index (κ3) is 2.84. The van der Waals surface area contributed by atoms with Gasteiger partial charge in [0.15, 0.2) is 0 Å². The highest BCUT2D eigenvalue weighted by atomic mass is 15.2. The van der Waals surface area contributed by atoms with Gasteiger partial charge in [0.05, 0.1) is 5.69 Å². The van der Waals surface area contributed by atoms with E-state index in [-0.39, 0.29) is 6.04 Å². The third-order valence-electron chi connectivity index (χ3n) is 2.59. The highest BCUT2D eigenvalue weighted by Crippen LogP contribution is 2.09. The van der Waals surface area contributed by atoms with Gasteiger partial charge in [-0.3, -0.25) is 4.68 Å². The summed E-state index contributed by atoms with van der Waals surface area (Å²) in [5.74, 6) is 0.571. The molecule has 74 valence electrons. The normalized spacial score (nSPS) is 15.7. The monoisotopic (exact) mass is 181 g/mol. The van der Waals surface area contributed by atoms with Gasteiger partial charge in [-0.15, -0.1) is 0 Å². The highest BCUT2D eigenvalue weighted by molar-refractivity contribution is 5.01. The van der Waals surface area contributed by atoms with Crippen LogP contribution >= 0.6 is 0 Å². The smallest absolute Gasteiger partial charge is 0.0640 e. The van der Waals surface area contributed by atoms with E-state index < -0.39 is 0 Å². The van der Waals surface area contributed by atoms with Crippen LogP contribution in [0.2, 0.25) is 0 Å². The molecule has 2 N–H and O–H groups in total. The van der Waals surface area contributed by atoms with Crippen LogP contribution in [-0.2, 0) is 13.5 Å². The van der Waals surface area contributed by atoms with Gasteiger partial charge in [0.2, 0.25) is 0 Å². The largest absolute Gasteiger partial charge is 0.327 e. The fourth-order valence-corrected chi connectivity index (χ4v) is 1.32. The van der Waals surface area contributed by atoms with Gasteiger partial charge in [-0.1, -0.05) is 20.3 Å². The summed E-state index contributed by atoms with van der Waals surface area (Å²) in [6.07, 6.45) is 3.97. The third-order valence-corrected chi connectivity index (χ3v) is 2.59. The first-order valence-electron chi connectivity index (χ1n) is 4.87. The van der Waals surface area contributed by atoms with Crippen LogP contribution in [0.5, 0.6) is 0 Å². The molecule has 13 heavy (non-hydrogen) atoms. The van der Waals surface area contributed by atoms with Crippen LogP contribution in [0.25, 0.3) is 0 Å². The zero-order valence-electron chi connectivity index (χ0n) is 8.70. The summed E-state index contributed by atoms with van der Waals surface area (Å²) in [4.78, 5) is 0. The Kier molecular flexibility index (Phi) is 3.48. The van der Waals surface area contributed by atoms with Crippen LogP contribution in [0.15, 0.2) is 12.3 Å². The average molecular weight is 181 g/mol. The van der Waals surface area contributed by atoms with E-state index in [0.717, 1.165) is 18.5 Å². The Morgan fingerprint density at radius 2 is 2.31 bits per heavy atom. The molecule has 0 aliphatic carbocycles. The second-order valence-electron chi connectivity index (χ2n) is 3.73. The Balaban J connectivity index is 2.49. The lowest BCUT2D eigenvalue weighted by molar-refractivity contribution is 0.436. The number of rotatable bonds is 4. The predicted molar refractivity (Wildman–Crippen MR) is 54.3 cm³/mol. The van der Waals surface area contributed by atoms with Crippen LogP contribution in [0.4, 0.5) is 0 Å². The van der Waals surface area contributed by atoms with Gasteiger partial charge in [0.1, 0.15) is 0 Å². The van der Waals surface area contributed by atoms with Crippen molar-refractivity contribution in [1.29, 1.82) is 0 Å². The van der Waals surface area contributed by atoms with Crippen molar-refractivity contribution in [3.8, 4) is 0 Å². The number of aryl methyl sites for hydroxylation is 1. The molecule has 2 unspecified atom stereocenters. The summed E-state index contributed by atoms with van der Waals surface area (Å²) in [7, 11) is 1.93. The molecule has 0 spiro atoms. The molecule has 0 radical (unpaired) electrons. The molecule has 3 heteroatoms. The summed E-state index contributed by atoms with van der Waals surface area (Å²) in [6, 6.07) is 2.27. The molecular formula is C10H19N3. The van der Waals surface area contributed by atoms with Crippen molar-refractivity contribution in [1.82, 2.24) is 9.78 Å². The molecule has 1 aromatic heterocycles. The highest BCUT2D eigenvalue weighted by Gasteiger charge is 2.12. The number of nitrogens with zero attached hydrogens (tertiary/aromatic N) is 2. The maximum Gasteiger partial charge on any atom is 0.0640 e. The van der Waals surface area contributed by atoms with Gasteiger partial charge in [-0.05, 0) is 12.0 Å². The fraction of sp³-hybridized carbons (Fsp3) is 0.700. The Morgan fingerprint density at radius 3 is 2.77 bits per heavy atom. The van der Waals surface area contributed by atoms with Crippen LogP contribution in [0.3, 0.4) is 0 Å². The molecule has 3 nitrogen and oxygen atoms in total. The van der Waals surface area contributed by atoms with Crippen molar-refractivity contribution in [2.45, 2.75) is 32.7 Å². The van der Waals surface area contributed by atoms with E-state index in [2.05, 4.69) is 18.9 Å². The molecule has 0 aliphatic rings. The molecule has 1 rings (SSSR count). The first-order chi connectivity index (χ1) is 6.13. The molecule has 0 aliphatic heterocycles. The molecule has 0 amide bonds. The van der Waals surface area contributed by atoms with E-state index in [1.807, 2.05) is 24.0 Å². The lowest BCUT2D eigenvalue weighted by Crippen LogP contribution is -2.30. The van der Waals surface area contributed by atoms with Crippen molar-refractivity contribution < 1.29 is 0 Å². The van der Waals surface area contributed by atoms with Gasteiger partial charge in [-0.25, -0.2) is 0 Å². The van der Waals surface area contributed by atoms with Crippen molar-refractivity contribution in [2.75, 3.05) is 0 Å². The fourth-order valence-electron chi connectivity index (χ4n) is 1.32. The Bertz CT molecular complexity index is 254. The van der Waals surface area contributed by atoms with Crippen molar-refractivity contribution in [3.63, 3.8) is 0 Å². The summed E-state index contributed by atoms with van der Waals surface area (Å²) < 4.78 is 1.82. The molecule has 1 heterocycles. The second-order valence-corrected chi connectivity index (χ2v) is 3.73. The van der Waals surface area contributed by atoms with E-state index in [1.54, 1.807) is 0 Å². The molecule has 0 saturated carbocycles. The van der Waals surface area contributed by atoms with E-state index in [1.165, 1.54) is 0 Å². The predicted octanol–water partition coefficient (Wildman–Crippen LogP) is 1.34.